The monoisotopic (exact) mass is 210 g/mol. The Balaban J connectivity index is 0.00000121. The molecular formula is C9H11CoO2-. The molecule has 0 bridgehead atoms. The van der Waals surface area contributed by atoms with Gasteiger partial charge in [0.15, 0.2) is 0 Å². The van der Waals surface area contributed by atoms with E-state index < -0.39 is 0 Å². The van der Waals surface area contributed by atoms with E-state index in [4.69, 9.17) is 9.84 Å². The molecule has 0 saturated carbocycles. The van der Waals surface area contributed by atoms with E-state index in [1.54, 1.807) is 12.1 Å². The first kappa shape index (κ1) is 11.5. The van der Waals surface area contributed by atoms with Crippen molar-refractivity contribution in [1.82, 2.24) is 0 Å². The minimum atomic E-state index is 0. The first-order valence-electron chi connectivity index (χ1n) is 3.63. The van der Waals surface area contributed by atoms with E-state index in [1.807, 2.05) is 12.1 Å². The topological polar surface area (TPSA) is 29.5 Å². The predicted octanol–water partition coefficient (Wildman–Crippen LogP) is 1.25. The van der Waals surface area contributed by atoms with Crippen molar-refractivity contribution in [2.75, 3.05) is 13.2 Å². The van der Waals surface area contributed by atoms with E-state index in [0.717, 1.165) is 5.75 Å². The fourth-order valence-corrected chi connectivity index (χ4v) is 0.722. The molecule has 0 amide bonds. The van der Waals surface area contributed by atoms with Crippen molar-refractivity contribution >= 4 is 0 Å². The van der Waals surface area contributed by atoms with Crippen molar-refractivity contribution in [2.24, 2.45) is 0 Å². The molecule has 0 saturated heterocycles. The van der Waals surface area contributed by atoms with Gasteiger partial charge in [-0.15, -0.1) is 12.1 Å². The Hall–Kier alpha value is -0.514. The third kappa shape index (κ3) is 4.38. The smallest absolute Gasteiger partial charge is 0.0872 e. The minimum absolute atomic E-state index is 0. The van der Waals surface area contributed by atoms with Crippen LogP contribution < -0.4 is 4.74 Å². The maximum absolute atomic E-state index is 8.46. The van der Waals surface area contributed by atoms with Gasteiger partial charge in [-0.05, 0) is 0 Å². The van der Waals surface area contributed by atoms with Gasteiger partial charge in [0, 0.05) is 35.6 Å². The summed E-state index contributed by atoms with van der Waals surface area (Å²) in [5.41, 5.74) is 0. The second-order valence-corrected chi connectivity index (χ2v) is 2.16. The third-order valence-electron chi connectivity index (χ3n) is 1.26. The number of benzene rings is 1. The van der Waals surface area contributed by atoms with Crippen LogP contribution in [-0.2, 0) is 16.8 Å². The van der Waals surface area contributed by atoms with Gasteiger partial charge in [-0.3, -0.25) is 0 Å². The van der Waals surface area contributed by atoms with Crippen molar-refractivity contribution in [3.8, 4) is 5.75 Å². The van der Waals surface area contributed by atoms with Crippen LogP contribution in [0.25, 0.3) is 0 Å². The van der Waals surface area contributed by atoms with Gasteiger partial charge >= 0.3 is 0 Å². The molecule has 1 rings (SSSR count). The molecule has 3 heteroatoms. The molecule has 0 aromatic heterocycles. The van der Waals surface area contributed by atoms with Crippen molar-refractivity contribution in [3.05, 3.63) is 30.3 Å². The molecule has 2 nitrogen and oxygen atoms in total. The molecule has 0 fully saturated rings. The van der Waals surface area contributed by atoms with Crippen LogP contribution >= 0.6 is 0 Å². The summed E-state index contributed by atoms with van der Waals surface area (Å²) in [5, 5.41) is 8.46. The van der Waals surface area contributed by atoms with Gasteiger partial charge in [0.25, 0.3) is 0 Å². The van der Waals surface area contributed by atoms with E-state index in [2.05, 4.69) is 6.07 Å². The second-order valence-electron chi connectivity index (χ2n) is 2.16. The summed E-state index contributed by atoms with van der Waals surface area (Å²) in [6, 6.07) is 10.2. The Morgan fingerprint density at radius 3 is 2.58 bits per heavy atom. The molecule has 1 aromatic rings. The molecule has 0 aliphatic carbocycles. The maximum Gasteiger partial charge on any atom is 0.0872 e. The van der Waals surface area contributed by atoms with Crippen LogP contribution in [-0.4, -0.2) is 18.3 Å². The number of aliphatic hydroxyl groups excluding tert-OH is 1. The Morgan fingerprint density at radius 2 is 2.00 bits per heavy atom. The average Bonchev–Trinajstić information content (AvgIpc) is 2.07. The van der Waals surface area contributed by atoms with Crippen LogP contribution in [0, 0.1) is 6.07 Å². The summed E-state index contributed by atoms with van der Waals surface area (Å²) in [5.74, 6) is 0.831. The van der Waals surface area contributed by atoms with Crippen LogP contribution in [0.15, 0.2) is 24.3 Å². The van der Waals surface area contributed by atoms with E-state index in [9.17, 15) is 0 Å². The standard InChI is InChI=1S/C9H11O2.Co/c10-7-4-8-11-9-5-2-1-3-6-9;/h2-3,5-6,10H,4,7-8H2;/q-1;. The summed E-state index contributed by atoms with van der Waals surface area (Å²) >= 11 is 0. The average molecular weight is 210 g/mol. The SMILES string of the molecule is OCCCOc1cc[c-]cc1.[Co]. The van der Waals surface area contributed by atoms with E-state index >= 15 is 0 Å². The second kappa shape index (κ2) is 7.15. The van der Waals surface area contributed by atoms with Gasteiger partial charge in [0.05, 0.1) is 6.61 Å². The van der Waals surface area contributed by atoms with Gasteiger partial charge < -0.3 is 9.84 Å². The zero-order chi connectivity index (χ0) is 7.94. The van der Waals surface area contributed by atoms with Gasteiger partial charge in [0.1, 0.15) is 0 Å². The van der Waals surface area contributed by atoms with Crippen molar-refractivity contribution in [1.29, 1.82) is 0 Å². The van der Waals surface area contributed by atoms with Gasteiger partial charge in [-0.1, -0.05) is 0 Å². The molecular weight excluding hydrogens is 199 g/mol. The first-order chi connectivity index (χ1) is 5.43. The quantitative estimate of drug-likeness (QED) is 0.598. The Bertz CT molecular complexity index is 189. The third-order valence-corrected chi connectivity index (χ3v) is 1.26. The van der Waals surface area contributed by atoms with Crippen molar-refractivity contribution < 1.29 is 26.6 Å². The normalized spacial score (nSPS) is 8.75. The molecule has 1 N–H and O–H groups in total. The van der Waals surface area contributed by atoms with Crippen LogP contribution in [0.4, 0.5) is 0 Å². The van der Waals surface area contributed by atoms with E-state index in [1.165, 1.54) is 0 Å². The summed E-state index contributed by atoms with van der Waals surface area (Å²) < 4.78 is 5.27. The van der Waals surface area contributed by atoms with Crippen LogP contribution in [0.3, 0.4) is 0 Å². The molecule has 0 spiro atoms. The summed E-state index contributed by atoms with van der Waals surface area (Å²) in [4.78, 5) is 0. The molecule has 0 aliphatic rings. The number of hydrogen-bond donors (Lipinski definition) is 1. The Kier molecular flexibility index (Phi) is 6.85. The fourth-order valence-electron chi connectivity index (χ4n) is 0.722. The molecule has 0 unspecified atom stereocenters. The zero-order valence-corrected chi connectivity index (χ0v) is 7.66. The van der Waals surface area contributed by atoms with Crippen LogP contribution in [0.5, 0.6) is 5.75 Å². The molecule has 12 heavy (non-hydrogen) atoms. The maximum atomic E-state index is 8.46. The van der Waals surface area contributed by atoms with Crippen LogP contribution in [0.2, 0.25) is 0 Å². The molecule has 1 radical (unpaired) electrons. The molecule has 1 aromatic carbocycles. The summed E-state index contributed by atoms with van der Waals surface area (Å²) in [6.07, 6.45) is 0.679. The molecule has 0 heterocycles. The van der Waals surface area contributed by atoms with E-state index in [-0.39, 0.29) is 23.4 Å². The minimum Gasteiger partial charge on any atom is -0.519 e. The Labute approximate surface area is 82.8 Å². The summed E-state index contributed by atoms with van der Waals surface area (Å²) in [7, 11) is 0. The predicted molar refractivity (Wildman–Crippen MR) is 42.5 cm³/mol. The molecule has 69 valence electrons. The van der Waals surface area contributed by atoms with Crippen molar-refractivity contribution in [3.63, 3.8) is 0 Å². The zero-order valence-electron chi connectivity index (χ0n) is 6.62. The van der Waals surface area contributed by atoms with E-state index in [0.29, 0.717) is 13.0 Å². The number of ether oxygens (including phenoxy) is 1. The number of rotatable bonds is 4. The number of hydrogen-bond acceptors (Lipinski definition) is 2. The molecule has 0 aliphatic heterocycles. The van der Waals surface area contributed by atoms with Gasteiger partial charge in [-0.25, -0.2) is 0 Å². The Morgan fingerprint density at radius 1 is 1.33 bits per heavy atom. The van der Waals surface area contributed by atoms with Crippen LogP contribution in [0.1, 0.15) is 6.42 Å². The first-order valence-corrected chi connectivity index (χ1v) is 3.63. The summed E-state index contributed by atoms with van der Waals surface area (Å²) in [6.45, 7) is 0.749. The number of aliphatic hydroxyl groups is 1. The largest absolute Gasteiger partial charge is 0.519 e. The molecule has 0 atom stereocenters. The van der Waals surface area contributed by atoms with Gasteiger partial charge in [-0.2, -0.15) is 18.2 Å². The van der Waals surface area contributed by atoms with Crippen molar-refractivity contribution in [2.45, 2.75) is 6.42 Å². The van der Waals surface area contributed by atoms with Gasteiger partial charge in [0.2, 0.25) is 0 Å². The fraction of sp³-hybridized carbons (Fsp3) is 0.333.